The van der Waals surface area contributed by atoms with Gasteiger partial charge in [-0.25, -0.2) is 4.39 Å². The van der Waals surface area contributed by atoms with Gasteiger partial charge in [-0.1, -0.05) is 15.9 Å². The number of benzene rings is 1. The summed E-state index contributed by atoms with van der Waals surface area (Å²) in [5.74, 6) is -0.274. The standard InChI is InChI=1S/C13H16BrFN2O2/c14-9-1-2-12(11(15)7-9)19-6-4-13(18)17-5-3-10(16)8-17/h1-2,7,10H,3-6,8,16H2/t10-/m1/s1. The van der Waals surface area contributed by atoms with Crippen LogP contribution in [-0.2, 0) is 4.79 Å². The Morgan fingerprint density at radius 1 is 1.58 bits per heavy atom. The first-order chi connectivity index (χ1) is 9.06. The Morgan fingerprint density at radius 3 is 3.00 bits per heavy atom. The maximum atomic E-state index is 13.5. The number of likely N-dealkylation sites (tertiary alicyclic amines) is 1. The van der Waals surface area contributed by atoms with Crippen LogP contribution in [0.2, 0.25) is 0 Å². The third kappa shape index (κ3) is 3.91. The van der Waals surface area contributed by atoms with Crippen molar-refractivity contribution < 1.29 is 13.9 Å². The molecule has 1 amide bonds. The van der Waals surface area contributed by atoms with E-state index in [9.17, 15) is 9.18 Å². The first-order valence-corrected chi connectivity index (χ1v) is 6.97. The fraction of sp³-hybridized carbons (Fsp3) is 0.462. The first-order valence-electron chi connectivity index (χ1n) is 6.17. The van der Waals surface area contributed by atoms with Crippen molar-refractivity contribution in [2.45, 2.75) is 18.9 Å². The van der Waals surface area contributed by atoms with E-state index in [1.807, 2.05) is 0 Å². The molecule has 1 saturated heterocycles. The Hall–Kier alpha value is -1.14. The Morgan fingerprint density at radius 2 is 2.37 bits per heavy atom. The number of nitrogens with two attached hydrogens (primary N) is 1. The van der Waals surface area contributed by atoms with Crippen LogP contribution in [0.5, 0.6) is 5.75 Å². The van der Waals surface area contributed by atoms with Crippen LogP contribution in [0, 0.1) is 5.82 Å². The summed E-state index contributed by atoms with van der Waals surface area (Å²) in [6.07, 6.45) is 1.08. The van der Waals surface area contributed by atoms with Crippen LogP contribution in [0.1, 0.15) is 12.8 Å². The van der Waals surface area contributed by atoms with Gasteiger partial charge < -0.3 is 15.4 Å². The average Bonchev–Trinajstić information content (AvgIpc) is 2.78. The van der Waals surface area contributed by atoms with Gasteiger partial charge in [0.1, 0.15) is 0 Å². The minimum Gasteiger partial charge on any atom is -0.490 e. The highest BCUT2D eigenvalue weighted by Crippen LogP contribution is 2.21. The fourth-order valence-corrected chi connectivity index (χ4v) is 2.35. The number of carbonyl (C=O) groups is 1. The Kier molecular flexibility index (Phi) is 4.76. The second kappa shape index (κ2) is 6.34. The number of carbonyl (C=O) groups excluding carboxylic acids is 1. The van der Waals surface area contributed by atoms with E-state index in [1.54, 1.807) is 11.0 Å². The second-order valence-corrected chi connectivity index (χ2v) is 5.48. The van der Waals surface area contributed by atoms with Crippen molar-refractivity contribution in [1.82, 2.24) is 4.90 Å². The first kappa shape index (κ1) is 14.3. The quantitative estimate of drug-likeness (QED) is 0.917. The summed E-state index contributed by atoms with van der Waals surface area (Å²) in [5, 5.41) is 0. The topological polar surface area (TPSA) is 55.6 Å². The molecule has 1 aromatic carbocycles. The van der Waals surface area contributed by atoms with Crippen LogP contribution in [0.4, 0.5) is 4.39 Å². The van der Waals surface area contributed by atoms with E-state index in [0.717, 1.165) is 6.42 Å². The van der Waals surface area contributed by atoms with Gasteiger partial charge in [-0.05, 0) is 24.6 Å². The van der Waals surface area contributed by atoms with Crippen LogP contribution in [0.25, 0.3) is 0 Å². The SMILES string of the molecule is N[C@@H]1CCN(C(=O)CCOc2ccc(Br)cc2F)C1. The van der Waals surface area contributed by atoms with Crippen LogP contribution in [0.15, 0.2) is 22.7 Å². The van der Waals surface area contributed by atoms with Crippen molar-refractivity contribution in [1.29, 1.82) is 0 Å². The Balaban J connectivity index is 1.78. The molecule has 0 spiro atoms. The smallest absolute Gasteiger partial charge is 0.226 e. The molecule has 1 aliphatic rings. The summed E-state index contributed by atoms with van der Waals surface area (Å²) < 4.78 is 19.4. The van der Waals surface area contributed by atoms with E-state index in [-0.39, 0.29) is 30.7 Å². The fourth-order valence-electron chi connectivity index (χ4n) is 2.01. The van der Waals surface area contributed by atoms with Gasteiger partial charge in [-0.2, -0.15) is 0 Å². The molecule has 2 rings (SSSR count). The largest absolute Gasteiger partial charge is 0.490 e. The van der Waals surface area contributed by atoms with Crippen molar-refractivity contribution in [3.63, 3.8) is 0 Å². The second-order valence-electron chi connectivity index (χ2n) is 4.56. The predicted octanol–water partition coefficient (Wildman–Crippen LogP) is 1.92. The minimum absolute atomic E-state index is 0.00506. The third-order valence-corrected chi connectivity index (χ3v) is 3.54. The number of nitrogens with zero attached hydrogens (tertiary/aromatic N) is 1. The van der Waals surface area contributed by atoms with Gasteiger partial charge in [0.2, 0.25) is 5.91 Å². The monoisotopic (exact) mass is 330 g/mol. The normalized spacial score (nSPS) is 18.7. The molecule has 0 aliphatic carbocycles. The van der Waals surface area contributed by atoms with E-state index in [0.29, 0.717) is 17.6 Å². The van der Waals surface area contributed by atoms with Crippen LogP contribution < -0.4 is 10.5 Å². The van der Waals surface area contributed by atoms with Crippen molar-refractivity contribution >= 4 is 21.8 Å². The Labute approximate surface area is 119 Å². The molecule has 1 aromatic rings. The van der Waals surface area contributed by atoms with Crippen molar-refractivity contribution in [3.05, 3.63) is 28.5 Å². The maximum Gasteiger partial charge on any atom is 0.226 e. The van der Waals surface area contributed by atoms with E-state index in [1.165, 1.54) is 12.1 Å². The predicted molar refractivity (Wildman–Crippen MR) is 73.4 cm³/mol. The zero-order valence-electron chi connectivity index (χ0n) is 10.4. The van der Waals surface area contributed by atoms with Crippen LogP contribution in [-0.4, -0.2) is 36.5 Å². The van der Waals surface area contributed by atoms with Crippen LogP contribution in [0.3, 0.4) is 0 Å². The summed E-state index contributed by atoms with van der Waals surface area (Å²) in [7, 11) is 0. The highest BCUT2D eigenvalue weighted by Gasteiger charge is 2.23. The number of ether oxygens (including phenoxy) is 1. The van der Waals surface area contributed by atoms with Crippen molar-refractivity contribution in [2.75, 3.05) is 19.7 Å². The molecule has 104 valence electrons. The van der Waals surface area contributed by atoms with Crippen LogP contribution >= 0.6 is 15.9 Å². The lowest BCUT2D eigenvalue weighted by molar-refractivity contribution is -0.130. The summed E-state index contributed by atoms with van der Waals surface area (Å²) >= 11 is 3.17. The minimum atomic E-state index is -0.440. The lowest BCUT2D eigenvalue weighted by Gasteiger charge is -2.16. The van der Waals surface area contributed by atoms with E-state index in [4.69, 9.17) is 10.5 Å². The Bertz CT molecular complexity index is 470. The summed E-state index contributed by atoms with van der Waals surface area (Å²) in [5.41, 5.74) is 5.74. The number of hydrogen-bond acceptors (Lipinski definition) is 3. The molecule has 6 heteroatoms. The van der Waals surface area contributed by atoms with E-state index in [2.05, 4.69) is 15.9 Å². The van der Waals surface area contributed by atoms with Gasteiger partial charge in [0, 0.05) is 23.6 Å². The molecular weight excluding hydrogens is 315 g/mol. The number of rotatable bonds is 4. The van der Waals surface area contributed by atoms with E-state index < -0.39 is 5.82 Å². The number of halogens is 2. The lowest BCUT2D eigenvalue weighted by atomic mass is 10.3. The van der Waals surface area contributed by atoms with Gasteiger partial charge in [0.05, 0.1) is 13.0 Å². The van der Waals surface area contributed by atoms with Crippen molar-refractivity contribution in [2.24, 2.45) is 5.73 Å². The summed E-state index contributed by atoms with van der Waals surface area (Å²) in [6, 6.07) is 4.64. The number of hydrogen-bond donors (Lipinski definition) is 1. The highest BCUT2D eigenvalue weighted by atomic mass is 79.9. The zero-order valence-corrected chi connectivity index (χ0v) is 12.0. The molecule has 0 saturated carbocycles. The third-order valence-electron chi connectivity index (χ3n) is 3.04. The molecule has 0 aromatic heterocycles. The molecule has 1 aliphatic heterocycles. The maximum absolute atomic E-state index is 13.5. The molecule has 1 heterocycles. The van der Waals surface area contributed by atoms with Gasteiger partial charge >= 0.3 is 0 Å². The molecule has 0 bridgehead atoms. The lowest BCUT2D eigenvalue weighted by Crippen LogP contribution is -2.32. The molecule has 4 nitrogen and oxygen atoms in total. The highest BCUT2D eigenvalue weighted by molar-refractivity contribution is 9.10. The van der Waals surface area contributed by atoms with E-state index >= 15 is 0 Å². The molecule has 1 atom stereocenters. The zero-order chi connectivity index (χ0) is 13.8. The molecule has 0 unspecified atom stereocenters. The van der Waals surface area contributed by atoms with Gasteiger partial charge in [0.15, 0.2) is 11.6 Å². The summed E-state index contributed by atoms with van der Waals surface area (Å²) in [4.78, 5) is 13.5. The molecule has 2 N–H and O–H groups in total. The van der Waals surface area contributed by atoms with Gasteiger partial charge in [-0.3, -0.25) is 4.79 Å². The summed E-state index contributed by atoms with van der Waals surface area (Å²) in [6.45, 7) is 1.47. The molecule has 0 radical (unpaired) electrons. The molecule has 19 heavy (non-hydrogen) atoms. The molecular formula is C13H16BrFN2O2. The average molecular weight is 331 g/mol. The number of amides is 1. The van der Waals surface area contributed by atoms with Gasteiger partial charge in [-0.15, -0.1) is 0 Å². The van der Waals surface area contributed by atoms with Crippen molar-refractivity contribution in [3.8, 4) is 5.75 Å². The van der Waals surface area contributed by atoms with Gasteiger partial charge in [0.25, 0.3) is 0 Å². The molecule has 1 fully saturated rings.